The molecule has 0 N–H and O–H groups in total. The van der Waals surface area contributed by atoms with Crippen molar-refractivity contribution in [2.75, 3.05) is 31.1 Å². The van der Waals surface area contributed by atoms with Crippen molar-refractivity contribution in [3.63, 3.8) is 0 Å². The highest BCUT2D eigenvalue weighted by atomic mass is 32.1. The molecule has 116 valence electrons. The lowest BCUT2D eigenvalue weighted by Gasteiger charge is -2.36. The van der Waals surface area contributed by atoms with Gasteiger partial charge in [-0.05, 0) is 31.0 Å². The van der Waals surface area contributed by atoms with Gasteiger partial charge in [0.15, 0.2) is 0 Å². The first-order valence-corrected chi connectivity index (χ1v) is 8.75. The third kappa shape index (κ3) is 2.88. The van der Waals surface area contributed by atoms with Crippen molar-refractivity contribution in [3.05, 3.63) is 51.7 Å². The number of hydrogen-bond acceptors (Lipinski definition) is 3. The lowest BCUT2D eigenvalue weighted by Crippen LogP contribution is -2.48. The van der Waals surface area contributed by atoms with Gasteiger partial charge in [0, 0.05) is 42.1 Å². The van der Waals surface area contributed by atoms with E-state index in [1.807, 2.05) is 16.3 Å². The van der Waals surface area contributed by atoms with E-state index in [2.05, 4.69) is 43.0 Å². The molecule has 3 rings (SSSR count). The molecule has 1 saturated heterocycles. The van der Waals surface area contributed by atoms with Gasteiger partial charge in [-0.2, -0.15) is 0 Å². The van der Waals surface area contributed by atoms with E-state index in [0.29, 0.717) is 0 Å². The predicted molar refractivity (Wildman–Crippen MR) is 93.0 cm³/mol. The molecule has 0 spiro atoms. The van der Waals surface area contributed by atoms with E-state index in [-0.39, 0.29) is 5.91 Å². The number of carbonyl (C=O) groups is 1. The molecule has 2 heterocycles. The molecule has 1 aliphatic rings. The second kappa shape index (κ2) is 6.53. The van der Waals surface area contributed by atoms with Crippen molar-refractivity contribution in [1.29, 1.82) is 0 Å². The first-order valence-electron chi connectivity index (χ1n) is 7.87. The number of benzene rings is 1. The Hall–Kier alpha value is -1.81. The average molecular weight is 314 g/mol. The van der Waals surface area contributed by atoms with Crippen molar-refractivity contribution in [1.82, 2.24) is 4.90 Å². The Morgan fingerprint density at radius 1 is 1.14 bits per heavy atom. The SMILES string of the molecule is CCc1c(C(=O)N2CCN(c3ccccc3)CC2)csc1C. The average Bonchev–Trinajstić information content (AvgIpc) is 2.96. The number of carbonyl (C=O) groups excluding carboxylic acids is 1. The maximum absolute atomic E-state index is 12.8. The fourth-order valence-electron chi connectivity index (χ4n) is 3.07. The molecule has 3 nitrogen and oxygen atoms in total. The predicted octanol–water partition coefficient (Wildman–Crippen LogP) is 3.58. The third-order valence-corrected chi connectivity index (χ3v) is 5.33. The molecule has 0 atom stereocenters. The number of nitrogens with zero attached hydrogens (tertiary/aromatic N) is 2. The first kappa shape index (κ1) is 15.1. The van der Waals surface area contributed by atoms with E-state index in [1.54, 1.807) is 11.3 Å². The van der Waals surface area contributed by atoms with Gasteiger partial charge in [0.1, 0.15) is 0 Å². The van der Waals surface area contributed by atoms with Crippen LogP contribution < -0.4 is 4.90 Å². The summed E-state index contributed by atoms with van der Waals surface area (Å²) >= 11 is 1.69. The highest BCUT2D eigenvalue weighted by Gasteiger charge is 2.24. The fourth-order valence-corrected chi connectivity index (χ4v) is 4.01. The molecule has 4 heteroatoms. The summed E-state index contributed by atoms with van der Waals surface area (Å²) in [5.41, 5.74) is 3.38. The Balaban J connectivity index is 1.67. The Morgan fingerprint density at radius 3 is 2.45 bits per heavy atom. The molecule has 22 heavy (non-hydrogen) atoms. The van der Waals surface area contributed by atoms with Gasteiger partial charge in [0.05, 0.1) is 5.56 Å². The van der Waals surface area contributed by atoms with Crippen LogP contribution in [0.3, 0.4) is 0 Å². The molecular formula is C18H22N2OS. The first-order chi connectivity index (χ1) is 10.7. The third-order valence-electron chi connectivity index (χ3n) is 4.38. The summed E-state index contributed by atoms with van der Waals surface area (Å²) in [5.74, 6) is 0.203. The van der Waals surface area contributed by atoms with Crippen LogP contribution in [0.15, 0.2) is 35.7 Å². The van der Waals surface area contributed by atoms with Crippen LogP contribution >= 0.6 is 11.3 Å². The molecule has 0 aliphatic carbocycles. The number of aryl methyl sites for hydroxylation is 1. The summed E-state index contributed by atoms with van der Waals surface area (Å²) in [4.78, 5) is 18.4. The highest BCUT2D eigenvalue weighted by Crippen LogP contribution is 2.24. The quantitative estimate of drug-likeness (QED) is 0.864. The molecule has 1 aromatic carbocycles. The van der Waals surface area contributed by atoms with E-state index in [9.17, 15) is 4.79 Å². The molecule has 1 amide bonds. The van der Waals surface area contributed by atoms with Gasteiger partial charge >= 0.3 is 0 Å². The zero-order valence-electron chi connectivity index (χ0n) is 13.2. The fraction of sp³-hybridized carbons (Fsp3) is 0.389. The van der Waals surface area contributed by atoms with Crippen molar-refractivity contribution in [2.45, 2.75) is 20.3 Å². The smallest absolute Gasteiger partial charge is 0.255 e. The largest absolute Gasteiger partial charge is 0.368 e. The molecule has 0 bridgehead atoms. The van der Waals surface area contributed by atoms with E-state index >= 15 is 0 Å². The minimum Gasteiger partial charge on any atom is -0.368 e. The molecular weight excluding hydrogens is 292 g/mol. The van der Waals surface area contributed by atoms with Crippen LogP contribution in [0.1, 0.15) is 27.7 Å². The molecule has 0 radical (unpaired) electrons. The van der Waals surface area contributed by atoms with E-state index in [4.69, 9.17) is 0 Å². The highest BCUT2D eigenvalue weighted by molar-refractivity contribution is 7.10. The van der Waals surface area contributed by atoms with Gasteiger partial charge in [-0.15, -0.1) is 11.3 Å². The van der Waals surface area contributed by atoms with Crippen molar-refractivity contribution < 1.29 is 4.79 Å². The number of amides is 1. The number of para-hydroxylation sites is 1. The Bertz CT molecular complexity index is 642. The summed E-state index contributed by atoms with van der Waals surface area (Å²) in [5, 5.41) is 2.03. The molecule has 0 saturated carbocycles. The lowest BCUT2D eigenvalue weighted by atomic mass is 10.1. The van der Waals surface area contributed by atoms with Gasteiger partial charge < -0.3 is 9.80 Å². The summed E-state index contributed by atoms with van der Waals surface area (Å²) in [6.45, 7) is 7.63. The van der Waals surface area contributed by atoms with Crippen molar-refractivity contribution >= 4 is 22.9 Å². The second-order valence-electron chi connectivity index (χ2n) is 5.65. The number of anilines is 1. The molecule has 0 unspecified atom stereocenters. The molecule has 1 aliphatic heterocycles. The number of rotatable bonds is 3. The summed E-state index contributed by atoms with van der Waals surface area (Å²) in [6, 6.07) is 10.4. The van der Waals surface area contributed by atoms with Crippen LogP contribution in [0.4, 0.5) is 5.69 Å². The minimum absolute atomic E-state index is 0.203. The number of piperazine rings is 1. The van der Waals surface area contributed by atoms with Gasteiger partial charge in [-0.1, -0.05) is 25.1 Å². The standard InChI is InChI=1S/C18H22N2OS/c1-3-16-14(2)22-13-17(16)18(21)20-11-9-19(10-12-20)15-7-5-4-6-8-15/h4-8,13H,3,9-12H2,1-2H3. The minimum atomic E-state index is 0.203. The van der Waals surface area contributed by atoms with Crippen LogP contribution in [-0.4, -0.2) is 37.0 Å². The monoisotopic (exact) mass is 314 g/mol. The maximum atomic E-state index is 12.8. The van der Waals surface area contributed by atoms with E-state index < -0.39 is 0 Å². The topological polar surface area (TPSA) is 23.6 Å². The lowest BCUT2D eigenvalue weighted by molar-refractivity contribution is 0.0746. The molecule has 2 aromatic rings. The summed E-state index contributed by atoms with van der Waals surface area (Å²) < 4.78 is 0. The van der Waals surface area contributed by atoms with Gasteiger partial charge in [-0.25, -0.2) is 0 Å². The second-order valence-corrected chi connectivity index (χ2v) is 6.74. The summed E-state index contributed by atoms with van der Waals surface area (Å²) in [6.07, 6.45) is 0.931. The number of thiophene rings is 1. The van der Waals surface area contributed by atoms with E-state index in [1.165, 1.54) is 16.1 Å². The van der Waals surface area contributed by atoms with Crippen LogP contribution in [0.5, 0.6) is 0 Å². The van der Waals surface area contributed by atoms with Gasteiger partial charge in [-0.3, -0.25) is 4.79 Å². The molecule has 1 aromatic heterocycles. The Kier molecular flexibility index (Phi) is 4.48. The zero-order valence-corrected chi connectivity index (χ0v) is 14.0. The molecule has 1 fully saturated rings. The van der Waals surface area contributed by atoms with Crippen LogP contribution in [0.25, 0.3) is 0 Å². The normalized spacial score (nSPS) is 15.2. The Labute approximate surface area is 136 Å². The summed E-state index contributed by atoms with van der Waals surface area (Å²) in [7, 11) is 0. The van der Waals surface area contributed by atoms with Crippen molar-refractivity contribution in [3.8, 4) is 0 Å². The van der Waals surface area contributed by atoms with Crippen LogP contribution in [0.2, 0.25) is 0 Å². The van der Waals surface area contributed by atoms with Gasteiger partial charge in [0.25, 0.3) is 5.91 Å². The van der Waals surface area contributed by atoms with Gasteiger partial charge in [0.2, 0.25) is 0 Å². The van der Waals surface area contributed by atoms with Crippen molar-refractivity contribution in [2.24, 2.45) is 0 Å². The van der Waals surface area contributed by atoms with E-state index in [0.717, 1.165) is 38.2 Å². The zero-order chi connectivity index (χ0) is 15.5. The Morgan fingerprint density at radius 2 is 1.82 bits per heavy atom. The number of hydrogen-bond donors (Lipinski definition) is 0. The maximum Gasteiger partial charge on any atom is 0.255 e. The van der Waals surface area contributed by atoms with Crippen LogP contribution in [0, 0.1) is 6.92 Å². The van der Waals surface area contributed by atoms with Crippen LogP contribution in [-0.2, 0) is 6.42 Å².